The molecular formula is C23H29N3O2S2. The number of nitrogens with one attached hydrogen (secondary N) is 1. The van der Waals surface area contributed by atoms with Crippen LogP contribution in [0.15, 0.2) is 35.8 Å². The van der Waals surface area contributed by atoms with Gasteiger partial charge in [0.1, 0.15) is 0 Å². The standard InChI is InChI=1S/C23H29N3O2S2/c1-2-12-26(18-9-10-19-21(15-18)29-16-25-19)13-6-5-11-24-23(27)28-22-14-17-7-3-4-8-20(17)30-22/h3-4,7-8,14,16,18H,2,5-6,9-13,15H2,1H3,(H,24,27). The minimum absolute atomic E-state index is 0.364. The van der Waals surface area contributed by atoms with E-state index in [0.717, 1.165) is 48.9 Å². The third-order valence-corrected chi connectivity index (χ3v) is 7.52. The number of rotatable bonds is 9. The highest BCUT2D eigenvalue weighted by Crippen LogP contribution is 2.31. The number of ether oxygens (including phenoxy) is 1. The Morgan fingerprint density at radius 3 is 3.07 bits per heavy atom. The molecule has 1 aromatic carbocycles. The average molecular weight is 444 g/mol. The highest BCUT2D eigenvalue weighted by Gasteiger charge is 2.25. The lowest BCUT2D eigenvalue weighted by Gasteiger charge is -2.33. The number of nitrogens with zero attached hydrogens (tertiary/aromatic N) is 2. The number of amides is 1. The average Bonchev–Trinajstić information content (AvgIpc) is 3.38. The number of thiophene rings is 1. The highest BCUT2D eigenvalue weighted by molar-refractivity contribution is 7.20. The third kappa shape index (κ3) is 5.39. The molecule has 0 bridgehead atoms. The first-order valence-electron chi connectivity index (χ1n) is 10.8. The molecule has 1 aliphatic carbocycles. The number of hydrogen-bond acceptors (Lipinski definition) is 6. The zero-order valence-electron chi connectivity index (χ0n) is 17.4. The molecule has 0 spiro atoms. The summed E-state index contributed by atoms with van der Waals surface area (Å²) < 4.78 is 6.57. The summed E-state index contributed by atoms with van der Waals surface area (Å²) in [5.74, 6) is 0. The van der Waals surface area contributed by atoms with E-state index in [9.17, 15) is 4.79 Å². The Morgan fingerprint density at radius 2 is 2.20 bits per heavy atom. The van der Waals surface area contributed by atoms with E-state index in [1.54, 1.807) is 11.3 Å². The first-order chi connectivity index (χ1) is 14.7. The van der Waals surface area contributed by atoms with Crippen LogP contribution in [0.4, 0.5) is 4.79 Å². The fourth-order valence-corrected chi connectivity index (χ4v) is 5.92. The number of carbonyl (C=O) groups is 1. The Balaban J connectivity index is 1.17. The maximum atomic E-state index is 12.1. The van der Waals surface area contributed by atoms with Crippen molar-refractivity contribution >= 4 is 38.9 Å². The molecule has 30 heavy (non-hydrogen) atoms. The van der Waals surface area contributed by atoms with Gasteiger partial charge >= 0.3 is 6.09 Å². The summed E-state index contributed by atoms with van der Waals surface area (Å²) in [4.78, 5) is 20.7. The summed E-state index contributed by atoms with van der Waals surface area (Å²) in [6, 6.07) is 10.6. The van der Waals surface area contributed by atoms with E-state index in [-0.39, 0.29) is 6.09 Å². The van der Waals surface area contributed by atoms with Crippen molar-refractivity contribution in [2.45, 2.75) is 51.5 Å². The summed E-state index contributed by atoms with van der Waals surface area (Å²) in [5, 5.41) is 4.64. The van der Waals surface area contributed by atoms with Gasteiger partial charge in [0.05, 0.1) is 11.2 Å². The largest absolute Gasteiger partial charge is 0.413 e. The van der Waals surface area contributed by atoms with Gasteiger partial charge in [-0.15, -0.1) is 11.3 Å². The van der Waals surface area contributed by atoms with E-state index in [1.807, 2.05) is 35.8 Å². The van der Waals surface area contributed by atoms with Crippen molar-refractivity contribution in [1.29, 1.82) is 0 Å². The lowest BCUT2D eigenvalue weighted by Crippen LogP contribution is -2.40. The Labute approximate surface area is 186 Å². The SMILES string of the molecule is CCCN(CCCCNC(=O)Oc1cc2ccccc2s1)C1CCc2ncsc2C1. The molecule has 1 N–H and O–H groups in total. The van der Waals surface area contributed by atoms with Gasteiger partial charge in [-0.1, -0.05) is 36.5 Å². The van der Waals surface area contributed by atoms with Crippen LogP contribution < -0.4 is 10.1 Å². The highest BCUT2D eigenvalue weighted by atomic mass is 32.1. The molecule has 5 nitrogen and oxygen atoms in total. The minimum Gasteiger partial charge on any atom is -0.399 e. The topological polar surface area (TPSA) is 54.5 Å². The summed E-state index contributed by atoms with van der Waals surface area (Å²) in [6.07, 6.45) is 6.30. The van der Waals surface area contributed by atoms with Crippen LogP contribution in [0.5, 0.6) is 5.06 Å². The first-order valence-corrected chi connectivity index (χ1v) is 12.5. The van der Waals surface area contributed by atoms with Gasteiger partial charge in [0, 0.05) is 28.2 Å². The molecule has 1 unspecified atom stereocenters. The smallest absolute Gasteiger partial charge is 0.399 e. The molecule has 1 amide bonds. The Kier molecular flexibility index (Phi) is 7.36. The molecule has 0 aliphatic heterocycles. The van der Waals surface area contributed by atoms with E-state index in [2.05, 4.69) is 22.1 Å². The van der Waals surface area contributed by atoms with Crippen LogP contribution >= 0.6 is 22.7 Å². The number of thiazole rings is 1. The summed E-state index contributed by atoms with van der Waals surface area (Å²) in [5.41, 5.74) is 3.30. The van der Waals surface area contributed by atoms with Crippen molar-refractivity contribution < 1.29 is 9.53 Å². The van der Waals surface area contributed by atoms with Crippen LogP contribution in [-0.4, -0.2) is 41.7 Å². The number of unbranched alkanes of at least 4 members (excludes halogenated alkanes) is 1. The van der Waals surface area contributed by atoms with Gasteiger partial charge in [-0.3, -0.25) is 0 Å². The second-order valence-electron chi connectivity index (χ2n) is 7.78. The van der Waals surface area contributed by atoms with E-state index in [4.69, 9.17) is 4.74 Å². The molecule has 1 atom stereocenters. The van der Waals surface area contributed by atoms with Crippen molar-refractivity contribution in [3.05, 3.63) is 46.4 Å². The maximum absolute atomic E-state index is 12.1. The zero-order valence-corrected chi connectivity index (χ0v) is 19.1. The molecule has 7 heteroatoms. The Bertz CT molecular complexity index is 935. The maximum Gasteiger partial charge on any atom is 0.413 e. The predicted molar refractivity (Wildman–Crippen MR) is 125 cm³/mol. The van der Waals surface area contributed by atoms with Crippen LogP contribution in [0.25, 0.3) is 10.1 Å². The molecule has 2 heterocycles. The number of fused-ring (bicyclic) bond motifs is 2. The van der Waals surface area contributed by atoms with Gasteiger partial charge in [0.15, 0.2) is 5.06 Å². The van der Waals surface area contributed by atoms with Crippen molar-refractivity contribution in [2.24, 2.45) is 0 Å². The van der Waals surface area contributed by atoms with E-state index >= 15 is 0 Å². The van der Waals surface area contributed by atoms with E-state index in [1.165, 1.54) is 34.7 Å². The van der Waals surface area contributed by atoms with Gasteiger partial charge in [0.2, 0.25) is 0 Å². The molecule has 3 aromatic rings. The van der Waals surface area contributed by atoms with Gasteiger partial charge in [-0.05, 0) is 63.1 Å². The molecule has 2 aromatic heterocycles. The molecule has 0 saturated heterocycles. The third-order valence-electron chi connectivity index (χ3n) is 5.63. The van der Waals surface area contributed by atoms with Crippen LogP contribution in [-0.2, 0) is 12.8 Å². The number of carbonyl (C=O) groups excluding carboxylic acids is 1. The number of aryl methyl sites for hydroxylation is 1. The van der Waals surface area contributed by atoms with Gasteiger partial charge in [0.25, 0.3) is 0 Å². The lowest BCUT2D eigenvalue weighted by atomic mass is 9.96. The zero-order chi connectivity index (χ0) is 20.8. The molecule has 0 radical (unpaired) electrons. The second-order valence-corrected chi connectivity index (χ2v) is 9.77. The second kappa shape index (κ2) is 10.4. The van der Waals surface area contributed by atoms with Crippen LogP contribution in [0.3, 0.4) is 0 Å². The fourth-order valence-electron chi connectivity index (χ4n) is 4.12. The Hall–Kier alpha value is -1.96. The van der Waals surface area contributed by atoms with Crippen molar-refractivity contribution in [3.63, 3.8) is 0 Å². The van der Waals surface area contributed by atoms with Crippen molar-refractivity contribution in [2.75, 3.05) is 19.6 Å². The normalized spacial score (nSPS) is 16.0. The molecular weight excluding hydrogens is 414 g/mol. The van der Waals surface area contributed by atoms with E-state index in [0.29, 0.717) is 17.6 Å². The summed E-state index contributed by atoms with van der Waals surface area (Å²) in [7, 11) is 0. The van der Waals surface area contributed by atoms with Crippen LogP contribution in [0.1, 0.15) is 43.2 Å². The van der Waals surface area contributed by atoms with Crippen molar-refractivity contribution in [1.82, 2.24) is 15.2 Å². The molecule has 1 aliphatic rings. The first kappa shape index (κ1) is 21.3. The van der Waals surface area contributed by atoms with Gasteiger partial charge in [-0.2, -0.15) is 0 Å². The van der Waals surface area contributed by atoms with Gasteiger partial charge < -0.3 is 15.0 Å². The summed E-state index contributed by atoms with van der Waals surface area (Å²) >= 11 is 3.30. The molecule has 0 fully saturated rings. The monoisotopic (exact) mass is 443 g/mol. The molecule has 160 valence electrons. The quantitative estimate of drug-likeness (QED) is 0.444. The number of aromatic nitrogens is 1. The van der Waals surface area contributed by atoms with Crippen molar-refractivity contribution in [3.8, 4) is 5.06 Å². The number of benzene rings is 1. The Morgan fingerprint density at radius 1 is 1.30 bits per heavy atom. The van der Waals surface area contributed by atoms with Crippen LogP contribution in [0, 0.1) is 0 Å². The predicted octanol–water partition coefficient (Wildman–Crippen LogP) is 5.50. The fraction of sp³-hybridized carbons (Fsp3) is 0.478. The number of hydrogen-bond donors (Lipinski definition) is 1. The minimum atomic E-state index is -0.364. The van der Waals surface area contributed by atoms with Gasteiger partial charge in [-0.25, -0.2) is 9.78 Å². The van der Waals surface area contributed by atoms with Crippen LogP contribution in [0.2, 0.25) is 0 Å². The summed E-state index contributed by atoms with van der Waals surface area (Å²) in [6.45, 7) is 5.12. The molecule has 4 rings (SSSR count). The molecule has 0 saturated carbocycles. The van der Waals surface area contributed by atoms with E-state index < -0.39 is 0 Å². The lowest BCUT2D eigenvalue weighted by molar-refractivity contribution is 0.176.